The summed E-state index contributed by atoms with van der Waals surface area (Å²) in [4.78, 5) is 18.1. The van der Waals surface area contributed by atoms with E-state index in [2.05, 4.69) is 9.88 Å². The van der Waals surface area contributed by atoms with Gasteiger partial charge in [0, 0.05) is 32.8 Å². The third-order valence-corrected chi connectivity index (χ3v) is 3.26. The van der Waals surface area contributed by atoms with Crippen LogP contribution in [0.1, 0.15) is 12.1 Å². The van der Waals surface area contributed by atoms with E-state index in [0.717, 1.165) is 12.2 Å². The quantitative estimate of drug-likeness (QED) is 0.741. The summed E-state index contributed by atoms with van der Waals surface area (Å²) in [5.41, 5.74) is 0.947. The minimum atomic E-state index is -0.234. The van der Waals surface area contributed by atoms with Crippen LogP contribution in [0.5, 0.6) is 0 Å². The number of carbonyl (C=O) groups excluding carboxylic acids is 1. The lowest BCUT2D eigenvalue weighted by atomic mass is 10.2. The van der Waals surface area contributed by atoms with Crippen LogP contribution in [0.2, 0.25) is 0 Å². The molecule has 0 spiro atoms. The van der Waals surface area contributed by atoms with Gasteiger partial charge in [0.25, 0.3) is 0 Å². The first-order valence-corrected chi connectivity index (χ1v) is 5.99. The molecule has 0 saturated carbocycles. The zero-order valence-electron chi connectivity index (χ0n) is 10.7. The third-order valence-electron chi connectivity index (χ3n) is 3.26. The van der Waals surface area contributed by atoms with Gasteiger partial charge >= 0.3 is 5.97 Å². The number of nitrogens with zero attached hydrogens (tertiary/aromatic N) is 2. The molecule has 18 heavy (non-hydrogen) atoms. The summed E-state index contributed by atoms with van der Waals surface area (Å²) in [7, 11) is 3.09. The highest BCUT2D eigenvalue weighted by molar-refractivity contribution is 5.76. The molecule has 0 amide bonds. The predicted molar refractivity (Wildman–Crippen MR) is 65.9 cm³/mol. The molecule has 0 unspecified atom stereocenters. The Balaban J connectivity index is 2.07. The molecule has 0 N–H and O–H groups in total. The van der Waals surface area contributed by atoms with Crippen molar-refractivity contribution in [2.24, 2.45) is 0 Å². The van der Waals surface area contributed by atoms with Crippen molar-refractivity contribution >= 4 is 5.97 Å². The van der Waals surface area contributed by atoms with Crippen LogP contribution in [0.25, 0.3) is 0 Å². The molecule has 1 saturated heterocycles. The molecule has 5 heteroatoms. The van der Waals surface area contributed by atoms with Crippen molar-refractivity contribution in [2.45, 2.75) is 25.1 Å². The highest BCUT2D eigenvalue weighted by Crippen LogP contribution is 2.22. The maximum atomic E-state index is 11.7. The van der Waals surface area contributed by atoms with Gasteiger partial charge in [-0.3, -0.25) is 14.7 Å². The average Bonchev–Trinajstić information content (AvgIpc) is 2.82. The van der Waals surface area contributed by atoms with Crippen molar-refractivity contribution < 1.29 is 14.3 Å². The number of likely N-dealkylation sites (tertiary alicyclic amines) is 1. The summed E-state index contributed by atoms with van der Waals surface area (Å²) in [6.45, 7) is 1.37. The second-order valence-corrected chi connectivity index (χ2v) is 4.38. The third kappa shape index (κ3) is 2.86. The Bertz CT molecular complexity index is 396. The Hall–Kier alpha value is -1.46. The summed E-state index contributed by atoms with van der Waals surface area (Å²) in [5.74, 6) is -0.203. The normalized spacial score (nSPS) is 24.1. The minimum Gasteiger partial charge on any atom is -0.468 e. The SMILES string of the molecule is COC(=O)[C@@H]1C[C@@H](OC)CN1Cc1ccccn1. The monoisotopic (exact) mass is 250 g/mol. The van der Waals surface area contributed by atoms with E-state index in [9.17, 15) is 4.79 Å². The van der Waals surface area contributed by atoms with Gasteiger partial charge in [0.05, 0.1) is 18.9 Å². The molecule has 1 aromatic heterocycles. The van der Waals surface area contributed by atoms with Crippen LogP contribution in [-0.4, -0.2) is 48.8 Å². The van der Waals surface area contributed by atoms with Gasteiger partial charge in [0.15, 0.2) is 0 Å². The van der Waals surface area contributed by atoms with E-state index < -0.39 is 0 Å². The minimum absolute atomic E-state index is 0.0813. The standard InChI is InChI=1S/C13H18N2O3/c1-17-11-7-12(13(16)18-2)15(9-11)8-10-5-3-4-6-14-10/h3-6,11-12H,7-9H2,1-2H3/t11-,12+/m1/s1. The Labute approximate surface area is 107 Å². The van der Waals surface area contributed by atoms with E-state index >= 15 is 0 Å². The van der Waals surface area contributed by atoms with E-state index in [-0.39, 0.29) is 18.1 Å². The molecular weight excluding hydrogens is 232 g/mol. The number of aromatic nitrogens is 1. The van der Waals surface area contributed by atoms with Crippen molar-refractivity contribution in [1.29, 1.82) is 0 Å². The fourth-order valence-electron chi connectivity index (χ4n) is 2.29. The lowest BCUT2D eigenvalue weighted by molar-refractivity contribution is -0.146. The van der Waals surface area contributed by atoms with E-state index in [1.54, 1.807) is 13.3 Å². The van der Waals surface area contributed by atoms with Gasteiger partial charge in [0.2, 0.25) is 0 Å². The number of hydrogen-bond acceptors (Lipinski definition) is 5. The van der Waals surface area contributed by atoms with E-state index in [1.807, 2.05) is 18.2 Å². The number of methoxy groups -OCH3 is 2. The number of hydrogen-bond donors (Lipinski definition) is 0. The van der Waals surface area contributed by atoms with Gasteiger partial charge in [-0.05, 0) is 12.1 Å². The van der Waals surface area contributed by atoms with Crippen LogP contribution >= 0.6 is 0 Å². The van der Waals surface area contributed by atoms with Crippen molar-refractivity contribution in [2.75, 3.05) is 20.8 Å². The molecule has 2 rings (SSSR count). The van der Waals surface area contributed by atoms with E-state index in [0.29, 0.717) is 13.0 Å². The zero-order chi connectivity index (χ0) is 13.0. The second kappa shape index (κ2) is 5.93. The molecule has 0 bridgehead atoms. The molecule has 2 heterocycles. The molecule has 1 aliphatic heterocycles. The summed E-state index contributed by atoms with van der Waals surface area (Å²) in [6, 6.07) is 5.54. The van der Waals surface area contributed by atoms with Gasteiger partial charge < -0.3 is 9.47 Å². The molecule has 1 aliphatic rings. The fraction of sp³-hybridized carbons (Fsp3) is 0.538. The highest BCUT2D eigenvalue weighted by Gasteiger charge is 2.37. The molecule has 98 valence electrons. The van der Waals surface area contributed by atoms with Gasteiger partial charge in [-0.1, -0.05) is 6.07 Å². The molecule has 1 fully saturated rings. The molecular formula is C13H18N2O3. The maximum absolute atomic E-state index is 11.7. The molecule has 0 aliphatic carbocycles. The predicted octanol–water partition coefficient (Wildman–Crippen LogP) is 0.844. The van der Waals surface area contributed by atoms with Crippen LogP contribution in [0.15, 0.2) is 24.4 Å². The van der Waals surface area contributed by atoms with E-state index in [4.69, 9.17) is 9.47 Å². The van der Waals surface area contributed by atoms with Crippen molar-refractivity contribution in [3.63, 3.8) is 0 Å². The molecule has 0 aromatic carbocycles. The van der Waals surface area contributed by atoms with Crippen molar-refractivity contribution in [3.05, 3.63) is 30.1 Å². The first-order valence-electron chi connectivity index (χ1n) is 5.99. The molecule has 5 nitrogen and oxygen atoms in total. The summed E-state index contributed by atoms with van der Waals surface area (Å²) in [6.07, 6.45) is 2.51. The summed E-state index contributed by atoms with van der Waals surface area (Å²) < 4.78 is 10.2. The average molecular weight is 250 g/mol. The Morgan fingerprint density at radius 3 is 2.94 bits per heavy atom. The van der Waals surface area contributed by atoms with Crippen LogP contribution in [0.3, 0.4) is 0 Å². The number of esters is 1. The van der Waals surface area contributed by atoms with Gasteiger partial charge in [-0.25, -0.2) is 0 Å². The number of ether oxygens (including phenoxy) is 2. The van der Waals surface area contributed by atoms with Crippen molar-refractivity contribution in [3.8, 4) is 0 Å². The van der Waals surface area contributed by atoms with Gasteiger partial charge in [-0.2, -0.15) is 0 Å². The Morgan fingerprint density at radius 1 is 1.50 bits per heavy atom. The first-order chi connectivity index (χ1) is 8.74. The van der Waals surface area contributed by atoms with Crippen LogP contribution < -0.4 is 0 Å². The lowest BCUT2D eigenvalue weighted by Crippen LogP contribution is -2.36. The first kappa shape index (κ1) is 13.0. The molecule has 1 aromatic rings. The fourth-order valence-corrected chi connectivity index (χ4v) is 2.29. The van der Waals surface area contributed by atoms with Gasteiger partial charge in [0.1, 0.15) is 6.04 Å². The number of carbonyl (C=O) groups is 1. The largest absolute Gasteiger partial charge is 0.468 e. The Morgan fingerprint density at radius 2 is 2.33 bits per heavy atom. The smallest absolute Gasteiger partial charge is 0.323 e. The van der Waals surface area contributed by atoms with Crippen LogP contribution in [0, 0.1) is 0 Å². The van der Waals surface area contributed by atoms with Crippen LogP contribution in [-0.2, 0) is 20.8 Å². The summed E-state index contributed by atoms with van der Waals surface area (Å²) >= 11 is 0. The van der Waals surface area contributed by atoms with E-state index in [1.165, 1.54) is 7.11 Å². The molecule has 2 atom stereocenters. The highest BCUT2D eigenvalue weighted by atomic mass is 16.5. The Kier molecular flexibility index (Phi) is 4.28. The number of rotatable bonds is 4. The second-order valence-electron chi connectivity index (χ2n) is 4.38. The zero-order valence-corrected chi connectivity index (χ0v) is 10.7. The van der Waals surface area contributed by atoms with Gasteiger partial charge in [-0.15, -0.1) is 0 Å². The topological polar surface area (TPSA) is 51.7 Å². The molecule has 0 radical (unpaired) electrons. The lowest BCUT2D eigenvalue weighted by Gasteiger charge is -2.21. The number of pyridine rings is 1. The van der Waals surface area contributed by atoms with Crippen LogP contribution in [0.4, 0.5) is 0 Å². The maximum Gasteiger partial charge on any atom is 0.323 e. The van der Waals surface area contributed by atoms with Crippen molar-refractivity contribution in [1.82, 2.24) is 9.88 Å². The summed E-state index contributed by atoms with van der Waals surface area (Å²) in [5, 5.41) is 0.